The van der Waals surface area contributed by atoms with E-state index in [1.807, 2.05) is 0 Å². The zero-order chi connectivity index (χ0) is 20.8. The van der Waals surface area contributed by atoms with Crippen LogP contribution in [0.4, 0.5) is 11.4 Å². The minimum absolute atomic E-state index is 0.0355. The molecule has 10 nitrogen and oxygen atoms in total. The van der Waals surface area contributed by atoms with Crippen molar-refractivity contribution in [2.45, 2.75) is 19.3 Å². The SMILES string of the molecule is COC(=O)/C=C1/S/C(=N\N=Cc2cc([N+](=O)[O-])ccc2N2CCCCC2)NC1=O. The summed E-state index contributed by atoms with van der Waals surface area (Å²) in [6.45, 7) is 1.75. The number of piperidine rings is 1. The summed E-state index contributed by atoms with van der Waals surface area (Å²) in [4.78, 5) is 36.1. The predicted molar refractivity (Wildman–Crippen MR) is 110 cm³/mol. The molecule has 2 heterocycles. The third-order valence-electron chi connectivity index (χ3n) is 4.37. The van der Waals surface area contributed by atoms with Crippen LogP contribution in [0, 0.1) is 10.1 Å². The van der Waals surface area contributed by atoms with Crippen LogP contribution in [-0.2, 0) is 14.3 Å². The number of carbonyl (C=O) groups excluding carboxylic acids is 2. The van der Waals surface area contributed by atoms with Crippen LogP contribution in [0.15, 0.2) is 39.4 Å². The summed E-state index contributed by atoms with van der Waals surface area (Å²) in [5.41, 5.74) is 1.39. The van der Waals surface area contributed by atoms with Crippen LogP contribution in [0.2, 0.25) is 0 Å². The molecule has 2 aliphatic heterocycles. The number of carbonyl (C=O) groups is 2. The summed E-state index contributed by atoms with van der Waals surface area (Å²) in [7, 11) is 1.22. The molecular formula is C18H19N5O5S. The Balaban J connectivity index is 1.82. The van der Waals surface area contributed by atoms with Crippen LogP contribution in [0.25, 0.3) is 0 Å². The van der Waals surface area contributed by atoms with Crippen molar-refractivity contribution in [2.24, 2.45) is 10.2 Å². The van der Waals surface area contributed by atoms with Crippen LogP contribution in [-0.4, -0.2) is 48.4 Å². The maximum Gasteiger partial charge on any atom is 0.331 e. The van der Waals surface area contributed by atoms with Crippen LogP contribution in [0.1, 0.15) is 24.8 Å². The summed E-state index contributed by atoms with van der Waals surface area (Å²) in [5, 5.41) is 21.8. The number of rotatable bonds is 5. The molecule has 0 aliphatic carbocycles. The average molecular weight is 417 g/mol. The number of amidine groups is 1. The normalized spacial score (nSPS) is 19.8. The van der Waals surface area contributed by atoms with Crippen molar-refractivity contribution < 1.29 is 19.2 Å². The maximum absolute atomic E-state index is 11.8. The topological polar surface area (TPSA) is 126 Å². The van der Waals surface area contributed by atoms with Gasteiger partial charge in [-0.15, -0.1) is 5.10 Å². The number of amides is 1. The van der Waals surface area contributed by atoms with E-state index in [1.165, 1.54) is 31.9 Å². The van der Waals surface area contributed by atoms with Gasteiger partial charge in [0.05, 0.1) is 23.2 Å². The van der Waals surface area contributed by atoms with E-state index in [2.05, 4.69) is 25.2 Å². The Labute approximate surface area is 170 Å². The molecule has 29 heavy (non-hydrogen) atoms. The minimum atomic E-state index is -0.643. The number of ether oxygens (including phenoxy) is 1. The van der Waals surface area contributed by atoms with Crippen molar-refractivity contribution in [3.05, 3.63) is 44.9 Å². The lowest BCUT2D eigenvalue weighted by atomic mass is 10.1. The highest BCUT2D eigenvalue weighted by atomic mass is 32.2. The third-order valence-corrected chi connectivity index (χ3v) is 5.27. The molecule has 0 atom stereocenters. The van der Waals surface area contributed by atoms with Gasteiger partial charge in [-0.1, -0.05) is 0 Å². The fourth-order valence-corrected chi connectivity index (χ4v) is 3.71. The van der Waals surface area contributed by atoms with Crippen molar-refractivity contribution >= 4 is 46.4 Å². The summed E-state index contributed by atoms with van der Waals surface area (Å²) in [6.07, 6.45) is 5.79. The number of esters is 1. The molecule has 2 saturated heterocycles. The maximum atomic E-state index is 11.8. The number of methoxy groups -OCH3 is 1. The molecule has 0 radical (unpaired) electrons. The number of non-ortho nitro benzene ring substituents is 1. The molecule has 3 rings (SSSR count). The third kappa shape index (κ3) is 5.19. The van der Waals surface area contributed by atoms with Gasteiger partial charge in [0, 0.05) is 42.5 Å². The lowest BCUT2D eigenvalue weighted by Gasteiger charge is -2.29. The van der Waals surface area contributed by atoms with Crippen LogP contribution >= 0.6 is 11.8 Å². The Bertz CT molecular complexity index is 921. The van der Waals surface area contributed by atoms with Crippen LogP contribution in [0.5, 0.6) is 0 Å². The van der Waals surface area contributed by atoms with Gasteiger partial charge in [0.25, 0.3) is 11.6 Å². The number of nitro benzene ring substituents is 1. The van der Waals surface area contributed by atoms with Gasteiger partial charge in [0.15, 0.2) is 5.17 Å². The highest BCUT2D eigenvalue weighted by Crippen LogP contribution is 2.27. The molecule has 2 fully saturated rings. The number of benzene rings is 1. The smallest absolute Gasteiger partial charge is 0.331 e. The second-order valence-corrected chi connectivity index (χ2v) is 7.32. The highest BCUT2D eigenvalue weighted by Gasteiger charge is 2.25. The average Bonchev–Trinajstić information content (AvgIpc) is 3.07. The molecule has 1 aromatic rings. The molecule has 0 aromatic heterocycles. The van der Waals surface area contributed by atoms with E-state index < -0.39 is 16.8 Å². The number of anilines is 1. The molecule has 1 N–H and O–H groups in total. The number of nitrogens with zero attached hydrogens (tertiary/aromatic N) is 4. The zero-order valence-electron chi connectivity index (χ0n) is 15.7. The van der Waals surface area contributed by atoms with Gasteiger partial charge in [-0.05, 0) is 37.1 Å². The molecule has 2 aliphatic rings. The van der Waals surface area contributed by atoms with Crippen molar-refractivity contribution in [1.29, 1.82) is 0 Å². The first-order chi connectivity index (χ1) is 14.0. The lowest BCUT2D eigenvalue weighted by molar-refractivity contribution is -0.384. The Kier molecular flexibility index (Phi) is 6.60. The molecule has 152 valence electrons. The quantitative estimate of drug-likeness (QED) is 0.256. The van der Waals surface area contributed by atoms with Gasteiger partial charge in [0.2, 0.25) is 0 Å². The Morgan fingerprint density at radius 1 is 1.34 bits per heavy atom. The molecule has 0 saturated carbocycles. The van der Waals surface area contributed by atoms with Crippen molar-refractivity contribution in [1.82, 2.24) is 5.32 Å². The second kappa shape index (κ2) is 9.32. The number of thioether (sulfide) groups is 1. The largest absolute Gasteiger partial charge is 0.466 e. The monoisotopic (exact) mass is 417 g/mol. The van der Waals surface area contributed by atoms with Gasteiger partial charge >= 0.3 is 5.97 Å². The highest BCUT2D eigenvalue weighted by molar-refractivity contribution is 8.18. The van der Waals surface area contributed by atoms with E-state index >= 15 is 0 Å². The fourth-order valence-electron chi connectivity index (χ4n) is 2.97. The summed E-state index contributed by atoms with van der Waals surface area (Å²) in [6, 6.07) is 4.65. The number of nitrogens with one attached hydrogen (secondary N) is 1. The van der Waals surface area contributed by atoms with Gasteiger partial charge in [-0.25, -0.2) is 4.79 Å². The van der Waals surface area contributed by atoms with Crippen molar-refractivity contribution in [3.63, 3.8) is 0 Å². The summed E-state index contributed by atoms with van der Waals surface area (Å²) < 4.78 is 4.50. The summed E-state index contributed by atoms with van der Waals surface area (Å²) >= 11 is 0.955. The van der Waals surface area contributed by atoms with E-state index in [4.69, 9.17) is 0 Å². The molecule has 1 amide bonds. The minimum Gasteiger partial charge on any atom is -0.466 e. The molecule has 11 heteroatoms. The number of hydrogen-bond acceptors (Lipinski definition) is 9. The van der Waals surface area contributed by atoms with E-state index in [0.717, 1.165) is 49.5 Å². The van der Waals surface area contributed by atoms with Crippen LogP contribution in [0.3, 0.4) is 0 Å². The van der Waals surface area contributed by atoms with Gasteiger partial charge in [0.1, 0.15) is 0 Å². The fraction of sp³-hybridized carbons (Fsp3) is 0.333. The second-order valence-electron chi connectivity index (χ2n) is 6.29. The Morgan fingerprint density at radius 2 is 2.10 bits per heavy atom. The lowest BCUT2D eigenvalue weighted by Crippen LogP contribution is -2.30. The van der Waals surface area contributed by atoms with Gasteiger partial charge < -0.3 is 9.64 Å². The zero-order valence-corrected chi connectivity index (χ0v) is 16.5. The van der Waals surface area contributed by atoms with E-state index in [1.54, 1.807) is 6.07 Å². The van der Waals surface area contributed by atoms with E-state index in [9.17, 15) is 19.7 Å². The van der Waals surface area contributed by atoms with E-state index in [-0.39, 0.29) is 15.8 Å². The standard InChI is InChI=1S/C18H19N5O5S/c1-28-16(24)10-15-17(25)20-18(29-15)21-19-11-12-9-13(23(26)27)5-6-14(12)22-7-3-2-4-8-22/h5-6,9-11H,2-4,7-8H2,1H3,(H,20,21,25)/b15-10+,19-11?. The molecule has 0 unspecified atom stereocenters. The first kappa shape index (κ1) is 20.5. The predicted octanol–water partition coefficient (Wildman–Crippen LogP) is 2.19. The molecular weight excluding hydrogens is 398 g/mol. The summed E-state index contributed by atoms with van der Waals surface area (Å²) in [5.74, 6) is -1.12. The molecule has 0 spiro atoms. The Hall–Kier alpha value is -3.21. The number of hydrogen-bond donors (Lipinski definition) is 1. The van der Waals surface area contributed by atoms with Gasteiger partial charge in [-0.3, -0.25) is 20.2 Å². The first-order valence-corrected chi connectivity index (χ1v) is 9.73. The molecule has 1 aromatic carbocycles. The van der Waals surface area contributed by atoms with Crippen LogP contribution < -0.4 is 10.2 Å². The number of nitro groups is 1. The Morgan fingerprint density at radius 3 is 2.79 bits per heavy atom. The van der Waals surface area contributed by atoms with E-state index in [0.29, 0.717) is 5.56 Å². The van der Waals surface area contributed by atoms with Crippen molar-refractivity contribution in [3.8, 4) is 0 Å². The van der Waals surface area contributed by atoms with Gasteiger partial charge in [-0.2, -0.15) is 5.10 Å². The molecule has 0 bridgehead atoms. The van der Waals surface area contributed by atoms with Crippen molar-refractivity contribution in [2.75, 3.05) is 25.1 Å². The first-order valence-electron chi connectivity index (χ1n) is 8.91.